The Morgan fingerprint density at radius 2 is 1.19 bits per heavy atom. The smallest absolute Gasteiger partial charge is 0.231 e. The number of hydrogen-bond donors (Lipinski definition) is 1. The molecular weight excluding hydrogens is 330 g/mol. The number of nitrogens with zero attached hydrogens (tertiary/aromatic N) is 4. The molecule has 2 aliphatic rings. The monoisotopic (exact) mass is 367 g/mol. The molecule has 0 aromatic heterocycles. The number of carbonyl (C=O) groups is 2. The van der Waals surface area contributed by atoms with E-state index in [2.05, 4.69) is 19.6 Å². The van der Waals surface area contributed by atoms with Crippen molar-refractivity contribution in [1.29, 1.82) is 0 Å². The molecule has 0 aromatic rings. The fourth-order valence-electron chi connectivity index (χ4n) is 3.72. The summed E-state index contributed by atoms with van der Waals surface area (Å²) in [6.07, 6.45) is 2.14. The Balaban J connectivity index is 1.96. The van der Waals surface area contributed by atoms with E-state index in [1.807, 2.05) is 13.8 Å². The third-order valence-electron chi connectivity index (χ3n) is 5.50. The molecule has 0 aromatic carbocycles. The largest absolute Gasteiger partial charge is 0.369 e. The highest BCUT2D eigenvalue weighted by Gasteiger charge is 2.20. The maximum absolute atomic E-state index is 12.2. The molecule has 2 bridgehead atoms. The fraction of sp³-hybridized carbons (Fsp3) is 0.895. The van der Waals surface area contributed by atoms with E-state index in [-0.39, 0.29) is 11.8 Å². The molecule has 2 fully saturated rings. The van der Waals surface area contributed by atoms with Crippen molar-refractivity contribution in [2.45, 2.75) is 26.7 Å². The van der Waals surface area contributed by atoms with Gasteiger partial charge in [-0.25, -0.2) is 0 Å². The van der Waals surface area contributed by atoms with Crippen LogP contribution in [-0.4, -0.2) is 110 Å². The van der Waals surface area contributed by atoms with E-state index in [4.69, 9.17) is 5.73 Å². The highest BCUT2D eigenvalue weighted by molar-refractivity contribution is 5.82. The zero-order valence-corrected chi connectivity index (χ0v) is 16.7. The van der Waals surface area contributed by atoms with Crippen LogP contribution in [0.5, 0.6) is 0 Å². The van der Waals surface area contributed by atoms with Gasteiger partial charge < -0.3 is 15.5 Å². The predicted octanol–water partition coefficient (Wildman–Crippen LogP) is -0.288. The normalized spacial score (nSPS) is 27.3. The lowest BCUT2D eigenvalue weighted by atomic mass is 10.1. The first-order chi connectivity index (χ1) is 12.4. The topological polar surface area (TPSA) is 73.1 Å². The maximum Gasteiger partial charge on any atom is 0.231 e. The standard InChI is InChI=1S/C19H37N5O2/c1-17(2)18(25)15-23-7-3-5-22-10-9-21(11-13-23)6-4-8-24(14-12-22)16-19(20)26/h17H,3-16H2,1-2H3,(H2,20,26). The van der Waals surface area contributed by atoms with E-state index in [0.717, 1.165) is 78.3 Å². The summed E-state index contributed by atoms with van der Waals surface area (Å²) in [4.78, 5) is 33.0. The van der Waals surface area contributed by atoms with Crippen LogP contribution in [0.15, 0.2) is 0 Å². The Hall–Kier alpha value is -1.02. The van der Waals surface area contributed by atoms with Crippen LogP contribution in [0.25, 0.3) is 0 Å². The first-order valence-electron chi connectivity index (χ1n) is 10.1. The Kier molecular flexibility index (Phi) is 8.98. The number of Topliss-reactive ketones (excluding diaryl/α,β-unsaturated/α-hetero) is 1. The van der Waals surface area contributed by atoms with E-state index in [1.165, 1.54) is 0 Å². The number of rotatable bonds is 5. The van der Waals surface area contributed by atoms with Gasteiger partial charge in [0.25, 0.3) is 0 Å². The minimum absolute atomic E-state index is 0.111. The molecule has 2 heterocycles. The first kappa shape index (κ1) is 21.3. The van der Waals surface area contributed by atoms with Crippen molar-refractivity contribution >= 4 is 11.7 Å². The second-order valence-electron chi connectivity index (χ2n) is 8.03. The van der Waals surface area contributed by atoms with Crippen LogP contribution < -0.4 is 5.73 Å². The Morgan fingerprint density at radius 3 is 1.65 bits per heavy atom. The summed E-state index contributed by atoms with van der Waals surface area (Å²) in [5.74, 6) is 0.213. The van der Waals surface area contributed by atoms with Crippen LogP contribution in [0.1, 0.15) is 26.7 Å². The molecule has 2 aliphatic heterocycles. The summed E-state index contributed by atoms with van der Waals surface area (Å²) >= 11 is 0. The summed E-state index contributed by atoms with van der Waals surface area (Å²) in [6.45, 7) is 14.9. The van der Waals surface area contributed by atoms with E-state index in [1.54, 1.807) is 0 Å². The molecule has 7 heteroatoms. The van der Waals surface area contributed by atoms with Crippen molar-refractivity contribution in [3.8, 4) is 0 Å². The average molecular weight is 368 g/mol. The van der Waals surface area contributed by atoms with Crippen molar-refractivity contribution in [2.24, 2.45) is 11.7 Å². The lowest BCUT2D eigenvalue weighted by molar-refractivity contribution is -0.123. The summed E-state index contributed by atoms with van der Waals surface area (Å²) in [5, 5.41) is 0. The van der Waals surface area contributed by atoms with E-state index < -0.39 is 0 Å². The van der Waals surface area contributed by atoms with Gasteiger partial charge in [-0.15, -0.1) is 0 Å². The molecule has 7 nitrogen and oxygen atoms in total. The van der Waals surface area contributed by atoms with Gasteiger partial charge in [-0.1, -0.05) is 13.8 Å². The highest BCUT2D eigenvalue weighted by atomic mass is 16.1. The van der Waals surface area contributed by atoms with E-state index in [9.17, 15) is 9.59 Å². The molecule has 0 radical (unpaired) electrons. The fourth-order valence-corrected chi connectivity index (χ4v) is 3.72. The minimum atomic E-state index is -0.239. The molecule has 0 spiro atoms. The molecule has 2 rings (SSSR count). The van der Waals surface area contributed by atoms with Gasteiger partial charge >= 0.3 is 0 Å². The quantitative estimate of drug-likeness (QED) is 0.720. The van der Waals surface area contributed by atoms with E-state index >= 15 is 0 Å². The van der Waals surface area contributed by atoms with Gasteiger partial charge in [0.2, 0.25) is 5.91 Å². The van der Waals surface area contributed by atoms with Gasteiger partial charge in [0, 0.05) is 45.2 Å². The van der Waals surface area contributed by atoms with Gasteiger partial charge in [0.1, 0.15) is 5.78 Å². The van der Waals surface area contributed by atoms with Crippen LogP contribution in [0.2, 0.25) is 0 Å². The van der Waals surface area contributed by atoms with E-state index in [0.29, 0.717) is 18.9 Å². The Bertz CT molecular complexity index is 457. The first-order valence-corrected chi connectivity index (χ1v) is 10.1. The Labute approximate surface area is 158 Å². The van der Waals surface area contributed by atoms with Crippen molar-refractivity contribution in [3.63, 3.8) is 0 Å². The zero-order chi connectivity index (χ0) is 18.9. The number of hydrogen-bond acceptors (Lipinski definition) is 6. The molecule has 0 aliphatic carbocycles. The lowest BCUT2D eigenvalue weighted by Gasteiger charge is -2.35. The number of fused-ring (bicyclic) bond motifs is 3. The average Bonchev–Trinajstić information content (AvgIpc) is 2.59. The molecule has 26 heavy (non-hydrogen) atoms. The number of amides is 1. The molecule has 2 unspecified atom stereocenters. The summed E-state index contributed by atoms with van der Waals surface area (Å²) in [7, 11) is 0. The van der Waals surface area contributed by atoms with Crippen LogP contribution in [0, 0.1) is 5.92 Å². The maximum atomic E-state index is 12.2. The van der Waals surface area contributed by atoms with Crippen molar-refractivity contribution < 1.29 is 9.59 Å². The number of primary amides is 1. The second kappa shape index (κ2) is 11.0. The van der Waals surface area contributed by atoms with Gasteiger partial charge in [0.15, 0.2) is 0 Å². The van der Waals surface area contributed by atoms with Gasteiger partial charge in [-0.05, 0) is 39.0 Å². The molecular formula is C19H37N5O2. The number of carbonyl (C=O) groups excluding carboxylic acids is 2. The van der Waals surface area contributed by atoms with Crippen LogP contribution in [0.4, 0.5) is 0 Å². The van der Waals surface area contributed by atoms with Crippen molar-refractivity contribution in [2.75, 3.05) is 78.5 Å². The predicted molar refractivity (Wildman–Crippen MR) is 104 cm³/mol. The van der Waals surface area contributed by atoms with Crippen LogP contribution in [-0.2, 0) is 9.59 Å². The van der Waals surface area contributed by atoms with Crippen molar-refractivity contribution in [1.82, 2.24) is 19.6 Å². The lowest BCUT2D eigenvalue weighted by Crippen LogP contribution is -2.48. The zero-order valence-electron chi connectivity index (χ0n) is 16.7. The molecule has 1 amide bonds. The van der Waals surface area contributed by atoms with Crippen LogP contribution >= 0.6 is 0 Å². The molecule has 2 saturated heterocycles. The SMILES string of the molecule is CC(C)C(=O)CN1CCCN2CCN(CCCN(CC(N)=O)CC2)CC1. The third kappa shape index (κ3) is 7.70. The molecule has 2 N–H and O–H groups in total. The van der Waals surface area contributed by atoms with Gasteiger partial charge in [0.05, 0.1) is 13.1 Å². The molecule has 2 atom stereocenters. The number of nitrogens with two attached hydrogens (primary N) is 1. The highest BCUT2D eigenvalue weighted by Crippen LogP contribution is 2.07. The summed E-state index contributed by atoms with van der Waals surface area (Å²) in [5.41, 5.74) is 5.40. The molecule has 0 saturated carbocycles. The summed E-state index contributed by atoms with van der Waals surface area (Å²) < 4.78 is 0. The minimum Gasteiger partial charge on any atom is -0.369 e. The second-order valence-corrected chi connectivity index (χ2v) is 8.03. The Morgan fingerprint density at radius 1 is 0.731 bits per heavy atom. The molecule has 150 valence electrons. The third-order valence-corrected chi connectivity index (χ3v) is 5.50. The van der Waals surface area contributed by atoms with Crippen LogP contribution in [0.3, 0.4) is 0 Å². The summed E-state index contributed by atoms with van der Waals surface area (Å²) in [6, 6.07) is 0. The number of ketones is 1. The van der Waals surface area contributed by atoms with Gasteiger partial charge in [-0.3, -0.25) is 19.4 Å². The van der Waals surface area contributed by atoms with Crippen molar-refractivity contribution in [3.05, 3.63) is 0 Å². The van der Waals surface area contributed by atoms with Gasteiger partial charge in [-0.2, -0.15) is 0 Å².